The molecule has 0 radical (unpaired) electrons. The molecule has 2 nitrogen and oxygen atoms in total. The molecule has 0 unspecified atom stereocenters. The summed E-state index contributed by atoms with van der Waals surface area (Å²) in [6, 6.07) is 67.5. The first-order valence-corrected chi connectivity index (χ1v) is 19.9. The van der Waals surface area contributed by atoms with Crippen molar-refractivity contribution in [1.82, 2.24) is 0 Å². The van der Waals surface area contributed by atoms with Gasteiger partial charge in [0.2, 0.25) is 0 Å². The summed E-state index contributed by atoms with van der Waals surface area (Å²) >= 11 is 1.90. The van der Waals surface area contributed by atoms with Crippen molar-refractivity contribution in [3.8, 4) is 0 Å². The molecule has 0 saturated carbocycles. The molecule has 2 aliphatic carbocycles. The van der Waals surface area contributed by atoms with Crippen LogP contribution in [0.4, 0.5) is 34.1 Å². The summed E-state index contributed by atoms with van der Waals surface area (Å²) in [5, 5.41) is 5.24. The Morgan fingerprint density at radius 1 is 0.389 bits per heavy atom. The monoisotopic (exact) mass is 710 g/mol. The average Bonchev–Trinajstić information content (AvgIpc) is 3.92. The number of anilines is 6. The van der Waals surface area contributed by atoms with Crippen molar-refractivity contribution in [2.45, 2.75) is 31.1 Å². The van der Waals surface area contributed by atoms with Gasteiger partial charge in [-0.2, -0.15) is 0 Å². The molecule has 0 N–H and O–H groups in total. The van der Waals surface area contributed by atoms with Gasteiger partial charge in [-0.05, 0) is 132 Å². The van der Waals surface area contributed by atoms with E-state index in [2.05, 4.69) is 192 Å². The minimum absolute atomic E-state index is 0.117. The van der Waals surface area contributed by atoms with Crippen LogP contribution in [0.1, 0.15) is 35.1 Å². The molecule has 0 bridgehead atoms. The van der Waals surface area contributed by atoms with Gasteiger partial charge in [-0.1, -0.05) is 109 Å². The third kappa shape index (κ3) is 4.85. The number of para-hydroxylation sites is 3. The minimum atomic E-state index is -0.117. The van der Waals surface area contributed by atoms with Crippen molar-refractivity contribution in [3.05, 3.63) is 204 Å². The Balaban J connectivity index is 1.12. The van der Waals surface area contributed by atoms with Crippen molar-refractivity contribution >= 4 is 76.4 Å². The Kier molecular flexibility index (Phi) is 7.25. The van der Waals surface area contributed by atoms with Crippen LogP contribution in [0.3, 0.4) is 0 Å². The van der Waals surface area contributed by atoms with Gasteiger partial charge in [0.25, 0.3) is 0 Å². The fraction of sp³-hybridized carbons (Fsp3) is 0.0980. The maximum absolute atomic E-state index is 2.54. The van der Waals surface area contributed by atoms with Gasteiger partial charge in [0.15, 0.2) is 0 Å². The molecule has 1 heterocycles. The van der Waals surface area contributed by atoms with Crippen LogP contribution in [0.2, 0.25) is 0 Å². The summed E-state index contributed by atoms with van der Waals surface area (Å²) in [6.07, 6.45) is 4.35. The van der Waals surface area contributed by atoms with Crippen LogP contribution in [-0.2, 0) is 18.3 Å². The standard InChI is InChI=1S/C51H38N2S/c1-4-18-39(19-5-1)52(40-20-6-2-7-21-40)45-24-12-16-35-28-30-51(49(35)45)31-29-36-17-13-25-46(50(36)51)53(41-22-8-3-9-23-41)42-26-27-43-44-32-37-14-10-11-15-38(37)33-47(44)54-48(43)34-42/h1-27,32-34H,28-31H2/t51-/m1/s1. The van der Waals surface area contributed by atoms with Crippen LogP contribution >= 0.6 is 11.3 Å². The fourth-order valence-electron chi connectivity index (χ4n) is 9.69. The largest absolute Gasteiger partial charge is 0.310 e. The molecular weight excluding hydrogens is 673 g/mol. The maximum atomic E-state index is 2.54. The van der Waals surface area contributed by atoms with E-state index in [1.165, 1.54) is 87.3 Å². The second-order valence-electron chi connectivity index (χ2n) is 14.9. The van der Waals surface area contributed by atoms with E-state index in [9.17, 15) is 0 Å². The molecule has 1 aromatic heterocycles. The smallest absolute Gasteiger partial charge is 0.0505 e. The Morgan fingerprint density at radius 2 is 0.870 bits per heavy atom. The topological polar surface area (TPSA) is 6.48 Å². The summed E-state index contributed by atoms with van der Waals surface area (Å²) in [5.41, 5.74) is 13.1. The highest BCUT2D eigenvalue weighted by Crippen LogP contribution is 2.60. The molecule has 0 aliphatic heterocycles. The van der Waals surface area contributed by atoms with Gasteiger partial charge in [-0.25, -0.2) is 0 Å². The zero-order valence-corrected chi connectivity index (χ0v) is 30.8. The first kappa shape index (κ1) is 31.4. The molecule has 9 aromatic rings. The molecule has 2 aliphatic rings. The maximum Gasteiger partial charge on any atom is 0.0505 e. The lowest BCUT2D eigenvalue weighted by Gasteiger charge is -2.37. The van der Waals surface area contributed by atoms with Gasteiger partial charge >= 0.3 is 0 Å². The zero-order chi connectivity index (χ0) is 35.6. The normalized spacial score (nSPS) is 15.9. The summed E-state index contributed by atoms with van der Waals surface area (Å²) in [4.78, 5) is 5.03. The van der Waals surface area contributed by atoms with E-state index in [0.29, 0.717) is 0 Å². The molecule has 8 aromatic carbocycles. The van der Waals surface area contributed by atoms with E-state index in [-0.39, 0.29) is 5.41 Å². The van der Waals surface area contributed by atoms with E-state index in [4.69, 9.17) is 0 Å². The Hall–Kier alpha value is -6.16. The predicted molar refractivity (Wildman–Crippen MR) is 230 cm³/mol. The molecule has 258 valence electrons. The van der Waals surface area contributed by atoms with Crippen LogP contribution in [0.25, 0.3) is 30.9 Å². The van der Waals surface area contributed by atoms with E-state index >= 15 is 0 Å². The van der Waals surface area contributed by atoms with Gasteiger partial charge < -0.3 is 9.80 Å². The Bertz CT molecular complexity index is 2800. The quantitative estimate of drug-likeness (QED) is 0.169. The molecule has 11 rings (SSSR count). The van der Waals surface area contributed by atoms with Crippen LogP contribution in [0.5, 0.6) is 0 Å². The van der Waals surface area contributed by atoms with E-state index in [1.54, 1.807) is 0 Å². The summed E-state index contributed by atoms with van der Waals surface area (Å²) in [5.74, 6) is 0. The predicted octanol–water partition coefficient (Wildman–Crippen LogP) is 14.3. The van der Waals surface area contributed by atoms with Crippen LogP contribution in [0, 0.1) is 0 Å². The van der Waals surface area contributed by atoms with E-state index in [1.807, 2.05) is 11.3 Å². The van der Waals surface area contributed by atoms with Crippen molar-refractivity contribution in [3.63, 3.8) is 0 Å². The second-order valence-corrected chi connectivity index (χ2v) is 15.9. The molecule has 1 atom stereocenters. The first-order valence-electron chi connectivity index (χ1n) is 19.1. The van der Waals surface area contributed by atoms with Crippen LogP contribution in [-0.4, -0.2) is 0 Å². The number of nitrogens with zero attached hydrogens (tertiary/aromatic N) is 2. The molecule has 0 fully saturated rings. The molecule has 0 saturated heterocycles. The van der Waals surface area contributed by atoms with E-state index < -0.39 is 0 Å². The average molecular weight is 711 g/mol. The summed E-state index contributed by atoms with van der Waals surface area (Å²) in [6.45, 7) is 0. The SMILES string of the molecule is c1ccc(N(c2ccccc2)c2cccc3c2[C@@]2(CC3)CCc3cccc(N(c4ccccc4)c4ccc5c(c4)sc4cc6ccccc6cc45)c32)cc1. The third-order valence-corrected chi connectivity index (χ3v) is 13.1. The van der Waals surface area contributed by atoms with Crippen LogP contribution < -0.4 is 9.80 Å². The van der Waals surface area contributed by atoms with Crippen molar-refractivity contribution in [2.24, 2.45) is 0 Å². The highest BCUT2D eigenvalue weighted by Gasteiger charge is 2.49. The Morgan fingerprint density at radius 3 is 1.43 bits per heavy atom. The molecule has 54 heavy (non-hydrogen) atoms. The molecule has 0 amide bonds. The zero-order valence-electron chi connectivity index (χ0n) is 30.0. The highest BCUT2D eigenvalue weighted by atomic mass is 32.1. The third-order valence-electron chi connectivity index (χ3n) is 12.0. The summed E-state index contributed by atoms with van der Waals surface area (Å²) in [7, 11) is 0. The van der Waals surface area contributed by atoms with Crippen molar-refractivity contribution in [1.29, 1.82) is 0 Å². The number of thiophene rings is 1. The number of aryl methyl sites for hydroxylation is 2. The van der Waals surface area contributed by atoms with Gasteiger partial charge in [0.1, 0.15) is 0 Å². The summed E-state index contributed by atoms with van der Waals surface area (Å²) < 4.78 is 2.65. The number of rotatable bonds is 6. The second kappa shape index (κ2) is 12.5. The lowest BCUT2D eigenvalue weighted by molar-refractivity contribution is 0.508. The number of hydrogen-bond donors (Lipinski definition) is 0. The van der Waals surface area contributed by atoms with Crippen molar-refractivity contribution < 1.29 is 0 Å². The number of fused-ring (bicyclic) bond motifs is 8. The lowest BCUT2D eigenvalue weighted by Crippen LogP contribution is -2.27. The van der Waals surface area contributed by atoms with E-state index in [0.717, 1.165) is 25.7 Å². The van der Waals surface area contributed by atoms with Gasteiger partial charge in [0, 0.05) is 48.3 Å². The van der Waals surface area contributed by atoms with Gasteiger partial charge in [0.05, 0.1) is 11.4 Å². The minimum Gasteiger partial charge on any atom is -0.310 e. The lowest BCUT2D eigenvalue weighted by atomic mass is 9.74. The Labute approximate surface area is 320 Å². The van der Waals surface area contributed by atoms with Gasteiger partial charge in [-0.3, -0.25) is 0 Å². The molecular formula is C51H38N2S. The number of hydrogen-bond acceptors (Lipinski definition) is 3. The molecule has 3 heteroatoms. The fourth-order valence-corrected chi connectivity index (χ4v) is 10.9. The van der Waals surface area contributed by atoms with Gasteiger partial charge in [-0.15, -0.1) is 11.3 Å². The van der Waals surface area contributed by atoms with Crippen molar-refractivity contribution in [2.75, 3.05) is 9.80 Å². The van der Waals surface area contributed by atoms with Crippen LogP contribution in [0.15, 0.2) is 182 Å². The first-order chi connectivity index (χ1) is 26.7. The number of benzene rings is 8. The molecule has 1 spiro atoms. The highest BCUT2D eigenvalue weighted by molar-refractivity contribution is 7.25.